The van der Waals surface area contributed by atoms with Gasteiger partial charge in [0.1, 0.15) is 12.3 Å². The number of aldehydes is 1. The molecule has 1 unspecified atom stereocenters. The molecule has 0 fully saturated rings. The van der Waals surface area contributed by atoms with Crippen LogP contribution in [0.15, 0.2) is 24.3 Å². The van der Waals surface area contributed by atoms with Gasteiger partial charge in [0.2, 0.25) is 0 Å². The lowest BCUT2D eigenvalue weighted by atomic mass is 10.0. The molecule has 4 N–H and O–H groups in total. The van der Waals surface area contributed by atoms with Gasteiger partial charge in [-0.1, -0.05) is 103 Å². The second-order valence-corrected chi connectivity index (χ2v) is 7.93. The van der Waals surface area contributed by atoms with Gasteiger partial charge in [0.25, 0.3) is 0 Å². The molecule has 0 heterocycles. The Kier molecular flexibility index (Phi) is 15.6. The molecule has 28 heavy (non-hydrogen) atoms. The van der Waals surface area contributed by atoms with Gasteiger partial charge in [0.15, 0.2) is 0 Å². The fourth-order valence-corrected chi connectivity index (χ4v) is 3.57. The fourth-order valence-electron chi connectivity index (χ4n) is 3.57. The number of hydrazine groups is 1. The van der Waals surface area contributed by atoms with E-state index in [0.717, 1.165) is 24.1 Å². The number of rotatable bonds is 19. The summed E-state index contributed by atoms with van der Waals surface area (Å²) in [5, 5.41) is 3.45. The predicted molar refractivity (Wildman–Crippen MR) is 121 cm³/mol. The standard InChI is InChI=1S/C24H43N3O/c1-2-3-4-5-6-7-8-9-10-11-12-13-14-15-20-26-23-18-16-22(17-19-23)24(21-28)27-25/h16-19,21,24,26-27H,2-15,20,25H2,1H3. The molecule has 160 valence electrons. The maximum Gasteiger partial charge on any atom is 0.142 e. The van der Waals surface area contributed by atoms with E-state index < -0.39 is 6.04 Å². The molecule has 0 spiro atoms. The summed E-state index contributed by atoms with van der Waals surface area (Å²) >= 11 is 0. The van der Waals surface area contributed by atoms with Crippen LogP contribution in [0.25, 0.3) is 0 Å². The first kappa shape index (κ1) is 24.6. The van der Waals surface area contributed by atoms with Crippen LogP contribution in [0.5, 0.6) is 0 Å². The topological polar surface area (TPSA) is 67.2 Å². The van der Waals surface area contributed by atoms with E-state index >= 15 is 0 Å². The minimum atomic E-state index is -0.431. The van der Waals surface area contributed by atoms with Crippen LogP contribution in [-0.2, 0) is 4.79 Å². The van der Waals surface area contributed by atoms with Crippen LogP contribution in [0.1, 0.15) is 108 Å². The van der Waals surface area contributed by atoms with Gasteiger partial charge in [-0.15, -0.1) is 0 Å². The number of benzene rings is 1. The highest BCUT2D eigenvalue weighted by Crippen LogP contribution is 2.15. The van der Waals surface area contributed by atoms with Gasteiger partial charge in [-0.05, 0) is 24.1 Å². The second-order valence-electron chi connectivity index (χ2n) is 7.93. The third kappa shape index (κ3) is 12.1. The number of hydrogen-bond donors (Lipinski definition) is 3. The summed E-state index contributed by atoms with van der Waals surface area (Å²) in [6.07, 6.45) is 20.2. The summed E-state index contributed by atoms with van der Waals surface area (Å²) in [7, 11) is 0. The van der Waals surface area contributed by atoms with Crippen molar-refractivity contribution in [2.24, 2.45) is 5.84 Å². The molecule has 0 aliphatic rings. The van der Waals surface area contributed by atoms with Crippen molar-refractivity contribution in [1.29, 1.82) is 0 Å². The Hall–Kier alpha value is -1.39. The third-order valence-corrected chi connectivity index (χ3v) is 5.44. The summed E-state index contributed by atoms with van der Waals surface area (Å²) in [5.74, 6) is 5.36. The SMILES string of the molecule is CCCCCCCCCCCCCCCCNc1ccc(C(C=O)NN)cc1. The van der Waals surface area contributed by atoms with E-state index in [9.17, 15) is 4.79 Å². The van der Waals surface area contributed by atoms with E-state index in [-0.39, 0.29) is 0 Å². The van der Waals surface area contributed by atoms with E-state index in [1.165, 1.54) is 89.9 Å². The van der Waals surface area contributed by atoms with Crippen LogP contribution in [0.3, 0.4) is 0 Å². The molecule has 1 atom stereocenters. The van der Waals surface area contributed by atoms with Gasteiger partial charge in [0.05, 0.1) is 0 Å². The van der Waals surface area contributed by atoms with Gasteiger partial charge >= 0.3 is 0 Å². The van der Waals surface area contributed by atoms with Crippen LogP contribution < -0.4 is 16.6 Å². The largest absolute Gasteiger partial charge is 0.385 e. The van der Waals surface area contributed by atoms with E-state index in [1.54, 1.807) is 0 Å². The van der Waals surface area contributed by atoms with E-state index in [2.05, 4.69) is 17.7 Å². The number of nitrogens with two attached hydrogens (primary N) is 1. The molecule has 0 saturated carbocycles. The lowest BCUT2D eigenvalue weighted by Crippen LogP contribution is -2.28. The number of carbonyl (C=O) groups excluding carboxylic acids is 1. The maximum absolute atomic E-state index is 10.9. The Bertz CT molecular complexity index is 475. The van der Waals surface area contributed by atoms with Gasteiger partial charge in [-0.3, -0.25) is 5.84 Å². The molecule has 4 nitrogen and oxygen atoms in total. The highest BCUT2D eigenvalue weighted by molar-refractivity contribution is 5.62. The van der Waals surface area contributed by atoms with Crippen LogP contribution in [0.4, 0.5) is 5.69 Å². The summed E-state index contributed by atoms with van der Waals surface area (Å²) < 4.78 is 0. The van der Waals surface area contributed by atoms with Gasteiger partial charge in [-0.2, -0.15) is 0 Å². The first-order valence-corrected chi connectivity index (χ1v) is 11.6. The van der Waals surface area contributed by atoms with Crippen LogP contribution in [0, 0.1) is 0 Å². The molecule has 0 aliphatic heterocycles. The van der Waals surface area contributed by atoms with Crippen molar-refractivity contribution in [1.82, 2.24) is 5.43 Å². The minimum Gasteiger partial charge on any atom is -0.385 e. The number of anilines is 1. The lowest BCUT2D eigenvalue weighted by Gasteiger charge is -2.11. The normalized spacial score (nSPS) is 12.1. The van der Waals surface area contributed by atoms with E-state index in [0.29, 0.717) is 0 Å². The average molecular weight is 390 g/mol. The molecule has 0 bridgehead atoms. The third-order valence-electron chi connectivity index (χ3n) is 5.44. The quantitative estimate of drug-likeness (QED) is 0.113. The van der Waals surface area contributed by atoms with Crippen LogP contribution in [0.2, 0.25) is 0 Å². The Balaban J connectivity index is 1.89. The van der Waals surface area contributed by atoms with Gasteiger partial charge < -0.3 is 10.1 Å². The molecular weight excluding hydrogens is 346 g/mol. The zero-order chi connectivity index (χ0) is 20.3. The molecule has 1 aromatic rings. The van der Waals surface area contributed by atoms with Crippen molar-refractivity contribution in [2.45, 2.75) is 103 Å². The van der Waals surface area contributed by atoms with Crippen molar-refractivity contribution < 1.29 is 4.79 Å². The molecular formula is C24H43N3O. The molecule has 0 saturated heterocycles. The Morgan fingerprint density at radius 3 is 1.68 bits per heavy atom. The van der Waals surface area contributed by atoms with Crippen molar-refractivity contribution in [2.75, 3.05) is 11.9 Å². The Morgan fingerprint density at radius 2 is 1.25 bits per heavy atom. The fraction of sp³-hybridized carbons (Fsp3) is 0.708. The van der Waals surface area contributed by atoms with Crippen molar-refractivity contribution >= 4 is 12.0 Å². The number of unbranched alkanes of at least 4 members (excludes halogenated alkanes) is 13. The number of carbonyl (C=O) groups is 1. The summed E-state index contributed by atoms with van der Waals surface area (Å²) in [5.41, 5.74) is 4.48. The Labute approximate surface area is 173 Å². The van der Waals surface area contributed by atoms with Crippen molar-refractivity contribution in [3.8, 4) is 0 Å². The maximum atomic E-state index is 10.9. The minimum absolute atomic E-state index is 0.431. The summed E-state index contributed by atoms with van der Waals surface area (Å²) in [4.78, 5) is 10.9. The molecule has 0 aliphatic carbocycles. The van der Waals surface area contributed by atoms with E-state index in [4.69, 9.17) is 5.84 Å². The van der Waals surface area contributed by atoms with Gasteiger partial charge in [0, 0.05) is 12.2 Å². The lowest BCUT2D eigenvalue weighted by molar-refractivity contribution is -0.109. The zero-order valence-electron chi connectivity index (χ0n) is 18.1. The number of nitrogens with one attached hydrogen (secondary N) is 2. The van der Waals surface area contributed by atoms with E-state index in [1.807, 2.05) is 24.3 Å². The van der Waals surface area contributed by atoms with Crippen LogP contribution in [-0.4, -0.2) is 12.8 Å². The average Bonchev–Trinajstić information content (AvgIpc) is 2.73. The molecule has 0 aromatic heterocycles. The first-order valence-electron chi connectivity index (χ1n) is 11.6. The highest BCUT2D eigenvalue weighted by Gasteiger charge is 2.06. The second kappa shape index (κ2) is 17.7. The smallest absolute Gasteiger partial charge is 0.142 e. The molecule has 4 heteroatoms. The molecule has 1 aromatic carbocycles. The van der Waals surface area contributed by atoms with Crippen LogP contribution >= 0.6 is 0 Å². The molecule has 1 rings (SSSR count). The van der Waals surface area contributed by atoms with Crippen molar-refractivity contribution in [3.05, 3.63) is 29.8 Å². The van der Waals surface area contributed by atoms with Crippen molar-refractivity contribution in [3.63, 3.8) is 0 Å². The molecule has 0 amide bonds. The van der Waals surface area contributed by atoms with Gasteiger partial charge in [-0.25, -0.2) is 5.43 Å². The summed E-state index contributed by atoms with van der Waals surface area (Å²) in [6, 6.07) is 7.46. The highest BCUT2D eigenvalue weighted by atomic mass is 16.1. The number of hydrogen-bond acceptors (Lipinski definition) is 4. The monoisotopic (exact) mass is 389 g/mol. The Morgan fingerprint density at radius 1 is 0.786 bits per heavy atom. The zero-order valence-corrected chi connectivity index (χ0v) is 18.1. The first-order chi connectivity index (χ1) is 13.8. The molecule has 0 radical (unpaired) electrons. The summed E-state index contributed by atoms with van der Waals surface area (Å²) in [6.45, 7) is 3.28. The predicted octanol–water partition coefficient (Wildman–Crippen LogP) is 6.28.